The highest BCUT2D eigenvalue weighted by Crippen LogP contribution is 2.44. The van der Waals surface area contributed by atoms with Gasteiger partial charge in [0.15, 0.2) is 5.11 Å². The summed E-state index contributed by atoms with van der Waals surface area (Å²) in [5, 5.41) is 7.15. The number of carbonyl (C=O) groups excluding carboxylic acids is 2. The van der Waals surface area contributed by atoms with Crippen molar-refractivity contribution in [2.75, 3.05) is 17.3 Å². The van der Waals surface area contributed by atoms with Gasteiger partial charge in [0.25, 0.3) is 0 Å². The zero-order valence-corrected chi connectivity index (χ0v) is 25.5. The quantitative estimate of drug-likeness (QED) is 0.194. The Morgan fingerprint density at radius 1 is 1.00 bits per heavy atom. The second kappa shape index (κ2) is 11.8. The van der Waals surface area contributed by atoms with E-state index in [-0.39, 0.29) is 29.9 Å². The van der Waals surface area contributed by atoms with Crippen LogP contribution in [0.25, 0.3) is 5.69 Å². The molecule has 1 amide bonds. The van der Waals surface area contributed by atoms with Crippen molar-refractivity contribution in [3.8, 4) is 5.69 Å². The molecule has 1 fully saturated rings. The van der Waals surface area contributed by atoms with E-state index >= 15 is 0 Å². The molecule has 8 nitrogen and oxygen atoms in total. The number of hydrogen-bond acceptors (Lipinski definition) is 5. The van der Waals surface area contributed by atoms with Crippen molar-refractivity contribution in [3.05, 3.63) is 107 Å². The summed E-state index contributed by atoms with van der Waals surface area (Å²) in [6, 6.07) is 21.1. The molecule has 0 saturated carbocycles. The van der Waals surface area contributed by atoms with Crippen LogP contribution in [0.3, 0.4) is 0 Å². The fraction of sp³-hybridized carbons (Fsp3) is 0.273. The van der Waals surface area contributed by atoms with E-state index in [0.717, 1.165) is 45.3 Å². The van der Waals surface area contributed by atoms with Gasteiger partial charge in [-0.3, -0.25) is 9.78 Å². The van der Waals surface area contributed by atoms with Crippen LogP contribution in [0.1, 0.15) is 64.5 Å². The van der Waals surface area contributed by atoms with E-state index in [0.29, 0.717) is 10.7 Å². The molecular weight excluding hydrogens is 546 g/mol. The Morgan fingerprint density at radius 2 is 1.71 bits per heavy atom. The van der Waals surface area contributed by atoms with Crippen molar-refractivity contribution in [2.24, 2.45) is 5.92 Å². The zero-order valence-electron chi connectivity index (χ0n) is 24.6. The first-order valence-electron chi connectivity index (χ1n) is 13.9. The molecule has 1 saturated heterocycles. The first-order valence-corrected chi connectivity index (χ1v) is 14.3. The molecule has 3 heterocycles. The minimum atomic E-state index is -0.368. The van der Waals surface area contributed by atoms with Crippen molar-refractivity contribution in [3.63, 3.8) is 0 Å². The Balaban J connectivity index is 1.59. The predicted molar refractivity (Wildman–Crippen MR) is 169 cm³/mol. The standard InChI is InChI=1S/C33H35N5O3S/c1-19(2)31(39)35-27-15-14-25(17-20(27)3)38-30(29(36-33(38)42)28-9-7-8-16-34-28)26-18-21(4)37(22(26)5)24-12-10-23(11-13-24)32(40)41-6/h7-19,29-30H,1-6H3,(H,35,39)(H,36,42)/t29-,30-/m1/s1. The van der Waals surface area contributed by atoms with Crippen LogP contribution in [0.5, 0.6) is 0 Å². The smallest absolute Gasteiger partial charge is 0.337 e. The lowest BCUT2D eigenvalue weighted by molar-refractivity contribution is -0.118. The van der Waals surface area contributed by atoms with Crippen LogP contribution in [0, 0.1) is 26.7 Å². The third kappa shape index (κ3) is 5.39. The van der Waals surface area contributed by atoms with Crippen molar-refractivity contribution in [1.29, 1.82) is 0 Å². The Labute approximate surface area is 251 Å². The molecule has 0 radical (unpaired) electrons. The molecule has 1 aliphatic rings. The molecule has 216 valence electrons. The van der Waals surface area contributed by atoms with E-state index in [4.69, 9.17) is 17.0 Å². The number of rotatable bonds is 7. The molecule has 9 heteroatoms. The Morgan fingerprint density at radius 3 is 2.33 bits per heavy atom. The van der Waals surface area contributed by atoms with Gasteiger partial charge in [-0.2, -0.15) is 0 Å². The number of thiocarbonyl (C=S) groups is 1. The second-order valence-corrected chi connectivity index (χ2v) is 11.2. The van der Waals surface area contributed by atoms with Gasteiger partial charge in [0.1, 0.15) is 0 Å². The lowest BCUT2D eigenvalue weighted by Crippen LogP contribution is -2.29. The Bertz CT molecular complexity index is 1650. The van der Waals surface area contributed by atoms with Crippen LogP contribution < -0.4 is 15.5 Å². The number of aryl methyl sites for hydroxylation is 2. The van der Waals surface area contributed by atoms with Crippen molar-refractivity contribution in [2.45, 2.75) is 46.7 Å². The highest BCUT2D eigenvalue weighted by atomic mass is 32.1. The van der Waals surface area contributed by atoms with E-state index in [1.54, 1.807) is 18.3 Å². The summed E-state index contributed by atoms with van der Waals surface area (Å²) >= 11 is 5.95. The number of hydrogen-bond donors (Lipinski definition) is 2. The fourth-order valence-corrected chi connectivity index (χ4v) is 5.86. The molecule has 2 atom stereocenters. The van der Waals surface area contributed by atoms with Crippen LogP contribution in [0.15, 0.2) is 72.9 Å². The number of anilines is 2. The van der Waals surface area contributed by atoms with Crippen LogP contribution in [-0.4, -0.2) is 33.6 Å². The number of aromatic nitrogens is 2. The van der Waals surface area contributed by atoms with E-state index in [9.17, 15) is 9.59 Å². The largest absolute Gasteiger partial charge is 0.465 e. The van der Waals surface area contributed by atoms with Gasteiger partial charge in [0.05, 0.1) is 30.5 Å². The zero-order chi connectivity index (χ0) is 30.1. The first-order chi connectivity index (χ1) is 20.1. The first kappa shape index (κ1) is 29.0. The molecule has 2 aromatic carbocycles. The maximum absolute atomic E-state index is 12.4. The Kier molecular flexibility index (Phi) is 8.13. The molecule has 2 aromatic heterocycles. The van der Waals surface area contributed by atoms with Crippen LogP contribution in [0.2, 0.25) is 0 Å². The average Bonchev–Trinajstić information content (AvgIpc) is 3.48. The minimum absolute atomic E-state index is 0.0237. The summed E-state index contributed by atoms with van der Waals surface area (Å²) in [4.78, 5) is 31.2. The summed E-state index contributed by atoms with van der Waals surface area (Å²) in [7, 11) is 1.38. The molecule has 1 aliphatic heterocycles. The summed E-state index contributed by atoms with van der Waals surface area (Å²) in [6.07, 6.45) is 1.79. The third-order valence-corrected chi connectivity index (χ3v) is 8.02. The van der Waals surface area contributed by atoms with E-state index in [2.05, 4.69) is 51.1 Å². The number of carbonyl (C=O) groups is 2. The number of methoxy groups -OCH3 is 1. The monoisotopic (exact) mass is 581 g/mol. The number of benzene rings is 2. The summed E-state index contributed by atoms with van der Waals surface area (Å²) in [5.74, 6) is -0.508. The number of pyridine rings is 1. The predicted octanol–water partition coefficient (Wildman–Crippen LogP) is 6.36. The lowest BCUT2D eigenvalue weighted by atomic mass is 9.96. The number of nitrogens with zero attached hydrogens (tertiary/aromatic N) is 3. The molecular formula is C33H35N5O3S. The van der Waals surface area contributed by atoms with Gasteiger partial charge in [-0.25, -0.2) is 4.79 Å². The average molecular weight is 582 g/mol. The molecule has 0 spiro atoms. The van der Waals surface area contributed by atoms with Crippen LogP contribution >= 0.6 is 12.2 Å². The van der Waals surface area contributed by atoms with Crippen molar-refractivity contribution in [1.82, 2.24) is 14.9 Å². The van der Waals surface area contributed by atoms with Crippen molar-refractivity contribution < 1.29 is 14.3 Å². The maximum Gasteiger partial charge on any atom is 0.337 e. The van der Waals surface area contributed by atoms with Gasteiger partial charge < -0.3 is 24.8 Å². The molecule has 42 heavy (non-hydrogen) atoms. The highest BCUT2D eigenvalue weighted by molar-refractivity contribution is 7.80. The van der Waals surface area contributed by atoms with Gasteiger partial charge >= 0.3 is 5.97 Å². The number of esters is 1. The number of nitrogens with one attached hydrogen (secondary N) is 2. The van der Waals surface area contributed by atoms with E-state index < -0.39 is 0 Å². The van der Waals surface area contributed by atoms with Gasteiger partial charge in [0.2, 0.25) is 5.91 Å². The molecule has 0 unspecified atom stereocenters. The van der Waals surface area contributed by atoms with Crippen LogP contribution in [0.4, 0.5) is 11.4 Å². The SMILES string of the molecule is COC(=O)c1ccc(-n2c(C)cc([C@@H]3[C@@H](c4ccccn4)NC(=S)N3c3ccc(NC(=O)C(C)C)c(C)c3)c2C)cc1. The third-order valence-electron chi connectivity index (χ3n) is 7.70. The second-order valence-electron chi connectivity index (χ2n) is 10.8. The minimum Gasteiger partial charge on any atom is -0.465 e. The lowest BCUT2D eigenvalue weighted by Gasteiger charge is -2.29. The van der Waals surface area contributed by atoms with Gasteiger partial charge in [-0.05, 0) is 105 Å². The molecule has 0 aliphatic carbocycles. The maximum atomic E-state index is 12.4. The number of amides is 1. The topological polar surface area (TPSA) is 88.5 Å². The van der Waals surface area contributed by atoms with Gasteiger partial charge in [-0.1, -0.05) is 19.9 Å². The summed E-state index contributed by atoms with van der Waals surface area (Å²) in [5.41, 5.74) is 8.18. The normalized spacial score (nSPS) is 16.5. The van der Waals surface area contributed by atoms with Gasteiger partial charge in [0, 0.05) is 40.6 Å². The molecule has 4 aromatic rings. The summed E-state index contributed by atoms with van der Waals surface area (Å²) < 4.78 is 7.05. The fourth-order valence-electron chi connectivity index (χ4n) is 5.51. The molecule has 5 rings (SSSR count). The Hall–Kier alpha value is -4.50. The van der Waals surface area contributed by atoms with E-state index in [1.807, 2.05) is 63.2 Å². The molecule has 0 bridgehead atoms. The van der Waals surface area contributed by atoms with E-state index in [1.165, 1.54) is 7.11 Å². The molecule has 2 N–H and O–H groups in total. The highest BCUT2D eigenvalue weighted by Gasteiger charge is 2.42. The summed E-state index contributed by atoms with van der Waals surface area (Å²) in [6.45, 7) is 9.91. The van der Waals surface area contributed by atoms with Crippen LogP contribution in [-0.2, 0) is 9.53 Å². The van der Waals surface area contributed by atoms with Crippen molar-refractivity contribution >= 4 is 40.6 Å². The van der Waals surface area contributed by atoms with Gasteiger partial charge in [-0.15, -0.1) is 0 Å². The number of ether oxygens (including phenoxy) is 1.